The average Bonchev–Trinajstić information content (AvgIpc) is 2.48. The third-order valence-electron chi connectivity index (χ3n) is 2.86. The number of ether oxygens (including phenoxy) is 1. The number of carbonyl (C=O) groups excluding carboxylic acids is 1. The first-order valence-corrected chi connectivity index (χ1v) is 6.52. The molecule has 0 unspecified atom stereocenters. The highest BCUT2D eigenvalue weighted by atomic mass is 35.5. The number of nitrogens with one attached hydrogen (secondary N) is 2. The summed E-state index contributed by atoms with van der Waals surface area (Å²) in [5.41, 5.74) is 4.01. The molecule has 2 aromatic rings. The number of aromatic nitrogens is 1. The van der Waals surface area contributed by atoms with E-state index in [0.29, 0.717) is 11.5 Å². The lowest BCUT2D eigenvalue weighted by atomic mass is 10.2. The molecule has 0 saturated carbocycles. The fourth-order valence-corrected chi connectivity index (χ4v) is 2.02. The minimum absolute atomic E-state index is 0.0978. The molecule has 0 fully saturated rings. The van der Waals surface area contributed by atoms with Gasteiger partial charge in [-0.05, 0) is 42.8 Å². The van der Waals surface area contributed by atoms with Crippen LogP contribution in [0.3, 0.4) is 0 Å². The van der Waals surface area contributed by atoms with Crippen molar-refractivity contribution in [1.82, 2.24) is 4.98 Å². The second-order valence-corrected chi connectivity index (χ2v) is 4.72. The lowest BCUT2D eigenvalue weighted by molar-refractivity contribution is 0.102. The highest BCUT2D eigenvalue weighted by Gasteiger charge is 2.14. The van der Waals surface area contributed by atoms with E-state index >= 15 is 0 Å². The van der Waals surface area contributed by atoms with E-state index in [-0.39, 0.29) is 10.7 Å². The molecule has 0 aliphatic heterocycles. The molecule has 2 rings (SSSR count). The summed E-state index contributed by atoms with van der Waals surface area (Å²) in [6.07, 6.45) is 0. The van der Waals surface area contributed by atoms with Crippen LogP contribution in [0.1, 0.15) is 16.1 Å². The monoisotopic (exact) mass is 306 g/mol. The number of methoxy groups -OCH3 is 1. The lowest BCUT2D eigenvalue weighted by Gasteiger charge is -2.10. The molecule has 110 valence electrons. The van der Waals surface area contributed by atoms with Crippen molar-refractivity contribution in [1.29, 1.82) is 0 Å². The van der Waals surface area contributed by atoms with Gasteiger partial charge in [0.25, 0.3) is 5.91 Å². The van der Waals surface area contributed by atoms with Gasteiger partial charge in [0.15, 0.2) is 0 Å². The first kappa shape index (κ1) is 15.1. The molecule has 0 bridgehead atoms. The Morgan fingerprint density at radius 1 is 1.33 bits per heavy atom. The average molecular weight is 307 g/mol. The molecule has 1 heterocycles. The topological polar surface area (TPSA) is 89.3 Å². The van der Waals surface area contributed by atoms with Crippen LogP contribution in [-0.4, -0.2) is 18.0 Å². The van der Waals surface area contributed by atoms with Gasteiger partial charge in [-0.2, -0.15) is 0 Å². The minimum Gasteiger partial charge on any atom is -0.496 e. The van der Waals surface area contributed by atoms with E-state index in [1.165, 1.54) is 0 Å². The fourth-order valence-electron chi connectivity index (χ4n) is 1.83. The zero-order chi connectivity index (χ0) is 15.4. The summed E-state index contributed by atoms with van der Waals surface area (Å²) in [5, 5.41) is 2.98. The number of nitrogens with two attached hydrogens (primary N) is 1. The molecule has 4 N–H and O–H groups in total. The number of amides is 1. The number of nitrogens with zero attached hydrogens (tertiary/aromatic N) is 1. The Hall–Kier alpha value is -2.31. The summed E-state index contributed by atoms with van der Waals surface area (Å²) in [6.45, 7) is 1.89. The normalized spacial score (nSPS) is 10.1. The standard InChI is InChI=1S/C14H15ClN4O2/c1-8-7-9(3-5-11(8)21-2)17-14(20)13-10(15)4-6-12(18-13)19-16/h3-7H,16H2,1-2H3,(H,17,20)(H,18,19). The Morgan fingerprint density at radius 3 is 2.71 bits per heavy atom. The molecule has 6 nitrogen and oxygen atoms in total. The molecule has 0 saturated heterocycles. The van der Waals surface area contributed by atoms with E-state index in [2.05, 4.69) is 15.7 Å². The molecule has 0 spiro atoms. The summed E-state index contributed by atoms with van der Waals surface area (Å²) < 4.78 is 5.17. The van der Waals surface area contributed by atoms with E-state index in [9.17, 15) is 4.79 Å². The summed E-state index contributed by atoms with van der Waals surface area (Å²) >= 11 is 5.98. The van der Waals surface area contributed by atoms with Crippen LogP contribution in [0.5, 0.6) is 5.75 Å². The third-order valence-corrected chi connectivity index (χ3v) is 3.17. The van der Waals surface area contributed by atoms with Gasteiger partial charge in [-0.3, -0.25) is 4.79 Å². The van der Waals surface area contributed by atoms with Crippen molar-refractivity contribution < 1.29 is 9.53 Å². The van der Waals surface area contributed by atoms with Crippen LogP contribution >= 0.6 is 11.6 Å². The molecule has 1 aromatic carbocycles. The SMILES string of the molecule is COc1ccc(NC(=O)c2nc(NN)ccc2Cl)cc1C. The molecule has 0 atom stereocenters. The van der Waals surface area contributed by atoms with Crippen molar-refractivity contribution >= 4 is 29.0 Å². The number of benzene rings is 1. The van der Waals surface area contributed by atoms with Gasteiger partial charge in [-0.1, -0.05) is 11.6 Å². The first-order chi connectivity index (χ1) is 10.0. The second kappa shape index (κ2) is 6.43. The largest absolute Gasteiger partial charge is 0.496 e. The van der Waals surface area contributed by atoms with Crippen LogP contribution in [0.25, 0.3) is 0 Å². The van der Waals surface area contributed by atoms with E-state index in [0.717, 1.165) is 11.3 Å². The highest BCUT2D eigenvalue weighted by molar-refractivity contribution is 6.34. The van der Waals surface area contributed by atoms with E-state index in [1.54, 1.807) is 37.4 Å². The number of hydrazine groups is 1. The highest BCUT2D eigenvalue weighted by Crippen LogP contribution is 2.23. The van der Waals surface area contributed by atoms with Gasteiger partial charge in [0.1, 0.15) is 17.3 Å². The summed E-state index contributed by atoms with van der Waals surface area (Å²) in [5.74, 6) is 5.96. The number of aryl methyl sites for hydroxylation is 1. The van der Waals surface area contributed by atoms with Gasteiger partial charge < -0.3 is 15.5 Å². The zero-order valence-corrected chi connectivity index (χ0v) is 12.4. The first-order valence-electron chi connectivity index (χ1n) is 6.14. The quantitative estimate of drug-likeness (QED) is 0.597. The van der Waals surface area contributed by atoms with Gasteiger partial charge in [0.2, 0.25) is 0 Å². The van der Waals surface area contributed by atoms with Crippen LogP contribution < -0.4 is 21.3 Å². The van der Waals surface area contributed by atoms with Crippen LogP contribution in [-0.2, 0) is 0 Å². The van der Waals surface area contributed by atoms with Crippen molar-refractivity contribution in [3.63, 3.8) is 0 Å². The molecule has 1 amide bonds. The summed E-state index contributed by atoms with van der Waals surface area (Å²) in [4.78, 5) is 16.2. The number of nitrogen functional groups attached to an aromatic ring is 1. The maximum Gasteiger partial charge on any atom is 0.275 e. The number of carbonyl (C=O) groups is 1. The number of rotatable bonds is 4. The smallest absolute Gasteiger partial charge is 0.275 e. The van der Waals surface area contributed by atoms with Crippen LogP contribution in [0.15, 0.2) is 30.3 Å². The zero-order valence-electron chi connectivity index (χ0n) is 11.6. The minimum atomic E-state index is -0.415. The van der Waals surface area contributed by atoms with Gasteiger partial charge in [-0.25, -0.2) is 10.8 Å². The molecule has 7 heteroatoms. The predicted octanol–water partition coefficient (Wildman–Crippen LogP) is 2.59. The Balaban J connectivity index is 2.23. The predicted molar refractivity (Wildman–Crippen MR) is 82.7 cm³/mol. The molecule has 0 aliphatic rings. The van der Waals surface area contributed by atoms with Gasteiger partial charge >= 0.3 is 0 Å². The Morgan fingerprint density at radius 2 is 2.10 bits per heavy atom. The second-order valence-electron chi connectivity index (χ2n) is 4.31. The Bertz CT molecular complexity index is 676. The van der Waals surface area contributed by atoms with Crippen LogP contribution in [0.4, 0.5) is 11.5 Å². The van der Waals surface area contributed by atoms with Crippen molar-refractivity contribution in [3.8, 4) is 5.75 Å². The third kappa shape index (κ3) is 3.42. The molecule has 0 aliphatic carbocycles. The van der Waals surface area contributed by atoms with Crippen molar-refractivity contribution in [2.24, 2.45) is 5.84 Å². The van der Waals surface area contributed by atoms with Crippen molar-refractivity contribution in [2.75, 3.05) is 17.9 Å². The van der Waals surface area contributed by atoms with E-state index in [1.807, 2.05) is 6.92 Å². The summed E-state index contributed by atoms with van der Waals surface area (Å²) in [7, 11) is 1.59. The lowest BCUT2D eigenvalue weighted by Crippen LogP contribution is -2.17. The van der Waals surface area contributed by atoms with Crippen LogP contribution in [0.2, 0.25) is 5.02 Å². The molecular formula is C14H15ClN4O2. The molecule has 0 radical (unpaired) electrons. The number of halogens is 1. The molecule has 1 aromatic heterocycles. The van der Waals surface area contributed by atoms with Crippen LogP contribution in [0, 0.1) is 6.92 Å². The number of hydrogen-bond acceptors (Lipinski definition) is 5. The van der Waals surface area contributed by atoms with Crippen molar-refractivity contribution in [3.05, 3.63) is 46.6 Å². The molecular weight excluding hydrogens is 292 g/mol. The Labute approximate surface area is 127 Å². The van der Waals surface area contributed by atoms with E-state index in [4.69, 9.17) is 22.2 Å². The fraction of sp³-hybridized carbons (Fsp3) is 0.143. The van der Waals surface area contributed by atoms with Gasteiger partial charge in [0.05, 0.1) is 12.1 Å². The number of pyridine rings is 1. The van der Waals surface area contributed by atoms with Crippen molar-refractivity contribution in [2.45, 2.75) is 6.92 Å². The summed E-state index contributed by atoms with van der Waals surface area (Å²) in [6, 6.07) is 8.45. The number of hydrogen-bond donors (Lipinski definition) is 3. The maximum atomic E-state index is 12.2. The Kier molecular flexibility index (Phi) is 4.62. The maximum absolute atomic E-state index is 12.2. The van der Waals surface area contributed by atoms with Gasteiger partial charge in [0, 0.05) is 5.69 Å². The number of anilines is 2. The van der Waals surface area contributed by atoms with Gasteiger partial charge in [-0.15, -0.1) is 0 Å². The van der Waals surface area contributed by atoms with E-state index < -0.39 is 5.91 Å². The molecule has 21 heavy (non-hydrogen) atoms.